The van der Waals surface area contributed by atoms with E-state index in [1.807, 2.05) is 6.92 Å². The summed E-state index contributed by atoms with van der Waals surface area (Å²) in [5, 5.41) is 12.2. The minimum atomic E-state index is -1.11. The fraction of sp³-hybridized carbons (Fsp3) is 0.286. The fourth-order valence-electron chi connectivity index (χ4n) is 1.59. The van der Waals surface area contributed by atoms with E-state index >= 15 is 0 Å². The zero-order chi connectivity index (χ0) is 14.4. The lowest BCUT2D eigenvalue weighted by Crippen LogP contribution is -2.06. The molecule has 0 saturated carbocycles. The van der Waals surface area contributed by atoms with Crippen LogP contribution in [0.3, 0.4) is 0 Å². The summed E-state index contributed by atoms with van der Waals surface area (Å²) in [5.41, 5.74) is 0.624. The first-order valence-corrected chi connectivity index (χ1v) is 6.21. The second kappa shape index (κ2) is 6.72. The van der Waals surface area contributed by atoms with Crippen molar-refractivity contribution >= 4 is 5.97 Å². The Morgan fingerprint density at radius 3 is 2.65 bits per heavy atom. The summed E-state index contributed by atoms with van der Waals surface area (Å²) in [4.78, 5) is 10.7. The van der Waals surface area contributed by atoms with Gasteiger partial charge in [-0.1, -0.05) is 5.16 Å². The molecule has 0 spiro atoms. The first-order valence-electron chi connectivity index (χ1n) is 6.21. The molecule has 106 valence electrons. The third kappa shape index (κ3) is 3.58. The normalized spacial score (nSPS) is 10.4. The summed E-state index contributed by atoms with van der Waals surface area (Å²) in [6.45, 7) is 3.62. The SMILES string of the molecule is CCOCCOc1ccc(-c2cc(C(=O)O)no2)cc1. The highest BCUT2D eigenvalue weighted by molar-refractivity contribution is 5.86. The molecule has 2 aromatic rings. The van der Waals surface area contributed by atoms with Gasteiger partial charge in [-0.05, 0) is 31.2 Å². The molecule has 0 aliphatic carbocycles. The molecule has 20 heavy (non-hydrogen) atoms. The largest absolute Gasteiger partial charge is 0.491 e. The van der Waals surface area contributed by atoms with Crippen LogP contribution in [0.2, 0.25) is 0 Å². The van der Waals surface area contributed by atoms with Gasteiger partial charge in [-0.2, -0.15) is 0 Å². The van der Waals surface area contributed by atoms with Gasteiger partial charge in [0, 0.05) is 18.2 Å². The fourth-order valence-corrected chi connectivity index (χ4v) is 1.59. The van der Waals surface area contributed by atoms with E-state index < -0.39 is 5.97 Å². The van der Waals surface area contributed by atoms with E-state index in [0.717, 1.165) is 5.56 Å². The maximum Gasteiger partial charge on any atom is 0.358 e. The lowest BCUT2D eigenvalue weighted by Gasteiger charge is -2.06. The molecule has 2 rings (SSSR count). The van der Waals surface area contributed by atoms with E-state index in [-0.39, 0.29) is 5.69 Å². The Hall–Kier alpha value is -2.34. The molecule has 0 bridgehead atoms. The molecule has 6 heteroatoms. The van der Waals surface area contributed by atoms with Crippen molar-refractivity contribution in [2.24, 2.45) is 0 Å². The van der Waals surface area contributed by atoms with Crippen LogP contribution in [0.5, 0.6) is 5.75 Å². The topological polar surface area (TPSA) is 81.8 Å². The van der Waals surface area contributed by atoms with E-state index in [9.17, 15) is 4.79 Å². The van der Waals surface area contributed by atoms with Gasteiger partial charge in [-0.25, -0.2) is 4.79 Å². The summed E-state index contributed by atoms with van der Waals surface area (Å²) in [7, 11) is 0. The Kier molecular flexibility index (Phi) is 4.73. The molecular weight excluding hydrogens is 262 g/mol. The monoisotopic (exact) mass is 277 g/mol. The third-order valence-corrected chi connectivity index (χ3v) is 2.57. The van der Waals surface area contributed by atoms with Crippen LogP contribution in [0.1, 0.15) is 17.4 Å². The molecule has 1 aromatic heterocycles. The lowest BCUT2D eigenvalue weighted by molar-refractivity contribution is 0.0686. The van der Waals surface area contributed by atoms with E-state index in [1.54, 1.807) is 24.3 Å². The number of nitrogens with zero attached hydrogens (tertiary/aromatic N) is 1. The predicted octanol–water partition coefficient (Wildman–Crippen LogP) is 2.46. The molecule has 0 atom stereocenters. The van der Waals surface area contributed by atoms with Gasteiger partial charge in [0.1, 0.15) is 12.4 Å². The highest BCUT2D eigenvalue weighted by Crippen LogP contribution is 2.23. The number of carboxylic acid groups (broad SMARTS) is 1. The Balaban J connectivity index is 1.98. The summed E-state index contributed by atoms with van der Waals surface area (Å²) in [5.74, 6) is 0.00516. The Morgan fingerprint density at radius 1 is 1.30 bits per heavy atom. The van der Waals surface area contributed by atoms with Crippen LogP contribution < -0.4 is 4.74 Å². The van der Waals surface area contributed by atoms with Gasteiger partial charge in [0.2, 0.25) is 0 Å². The van der Waals surface area contributed by atoms with Gasteiger partial charge >= 0.3 is 5.97 Å². The number of benzene rings is 1. The Morgan fingerprint density at radius 2 is 2.05 bits per heavy atom. The van der Waals surface area contributed by atoms with Crippen molar-refractivity contribution in [2.45, 2.75) is 6.92 Å². The van der Waals surface area contributed by atoms with Crippen LogP contribution in [-0.2, 0) is 4.74 Å². The minimum Gasteiger partial charge on any atom is -0.491 e. The number of aromatic nitrogens is 1. The van der Waals surface area contributed by atoms with Crippen molar-refractivity contribution in [3.63, 3.8) is 0 Å². The van der Waals surface area contributed by atoms with Gasteiger partial charge in [0.05, 0.1) is 6.61 Å². The summed E-state index contributed by atoms with van der Waals surface area (Å²) in [6, 6.07) is 8.51. The third-order valence-electron chi connectivity index (χ3n) is 2.57. The molecule has 0 unspecified atom stereocenters. The van der Waals surface area contributed by atoms with Crippen LogP contribution in [0.25, 0.3) is 11.3 Å². The number of carboxylic acids is 1. The molecule has 0 fully saturated rings. The van der Waals surface area contributed by atoms with Gasteiger partial charge in [-0.3, -0.25) is 0 Å². The van der Waals surface area contributed by atoms with Gasteiger partial charge in [-0.15, -0.1) is 0 Å². The summed E-state index contributed by atoms with van der Waals surface area (Å²) in [6.07, 6.45) is 0. The molecular formula is C14H15NO5. The standard InChI is InChI=1S/C14H15NO5/c1-2-18-7-8-19-11-5-3-10(4-6-11)13-9-12(14(16)17)15-20-13/h3-6,9H,2,7-8H2,1H3,(H,16,17). The number of ether oxygens (including phenoxy) is 2. The molecule has 1 N–H and O–H groups in total. The van der Waals surface area contributed by atoms with E-state index in [2.05, 4.69) is 5.16 Å². The zero-order valence-electron chi connectivity index (χ0n) is 11.0. The molecule has 1 heterocycles. The van der Waals surface area contributed by atoms with Gasteiger partial charge in [0.25, 0.3) is 0 Å². The van der Waals surface area contributed by atoms with E-state index in [4.69, 9.17) is 19.1 Å². The Bertz CT molecular complexity index is 561. The lowest BCUT2D eigenvalue weighted by atomic mass is 10.1. The van der Waals surface area contributed by atoms with Crippen molar-refractivity contribution in [1.29, 1.82) is 0 Å². The molecule has 0 amide bonds. The molecule has 0 radical (unpaired) electrons. The molecule has 1 aromatic carbocycles. The van der Waals surface area contributed by atoms with Crippen molar-refractivity contribution in [2.75, 3.05) is 19.8 Å². The van der Waals surface area contributed by atoms with Crippen LogP contribution in [0.15, 0.2) is 34.9 Å². The highest BCUT2D eigenvalue weighted by Gasteiger charge is 2.11. The molecule has 0 aliphatic rings. The number of hydrogen-bond acceptors (Lipinski definition) is 5. The first kappa shape index (κ1) is 14.1. The van der Waals surface area contributed by atoms with Crippen LogP contribution >= 0.6 is 0 Å². The quantitative estimate of drug-likeness (QED) is 0.783. The Labute approximate surface area is 115 Å². The zero-order valence-corrected chi connectivity index (χ0v) is 11.0. The number of carbonyl (C=O) groups is 1. The van der Waals surface area contributed by atoms with Crippen LogP contribution in [-0.4, -0.2) is 36.1 Å². The maximum absolute atomic E-state index is 10.7. The highest BCUT2D eigenvalue weighted by atomic mass is 16.5. The van der Waals surface area contributed by atoms with Crippen molar-refractivity contribution < 1.29 is 23.9 Å². The second-order valence-corrected chi connectivity index (χ2v) is 3.95. The van der Waals surface area contributed by atoms with Crippen molar-refractivity contribution in [3.05, 3.63) is 36.0 Å². The maximum atomic E-state index is 10.7. The van der Waals surface area contributed by atoms with Crippen molar-refractivity contribution in [3.8, 4) is 17.1 Å². The number of aromatic carboxylic acids is 1. The van der Waals surface area contributed by atoms with Crippen molar-refractivity contribution in [1.82, 2.24) is 5.16 Å². The van der Waals surface area contributed by atoms with Gasteiger partial charge in [0.15, 0.2) is 11.5 Å². The summed E-state index contributed by atoms with van der Waals surface area (Å²) < 4.78 is 15.6. The smallest absolute Gasteiger partial charge is 0.358 e. The second-order valence-electron chi connectivity index (χ2n) is 3.95. The summed E-state index contributed by atoms with van der Waals surface area (Å²) >= 11 is 0. The van der Waals surface area contributed by atoms with Crippen LogP contribution in [0.4, 0.5) is 0 Å². The molecule has 0 aliphatic heterocycles. The predicted molar refractivity (Wildman–Crippen MR) is 70.9 cm³/mol. The first-order chi connectivity index (χ1) is 9.70. The average molecular weight is 277 g/mol. The average Bonchev–Trinajstić information content (AvgIpc) is 2.94. The molecule has 0 saturated heterocycles. The minimum absolute atomic E-state index is 0.114. The van der Waals surface area contributed by atoms with Gasteiger partial charge < -0.3 is 19.1 Å². The number of rotatable bonds is 7. The number of hydrogen-bond donors (Lipinski definition) is 1. The molecule has 6 nitrogen and oxygen atoms in total. The van der Waals surface area contributed by atoms with E-state index in [1.165, 1.54) is 6.07 Å². The van der Waals surface area contributed by atoms with E-state index in [0.29, 0.717) is 31.3 Å². The van der Waals surface area contributed by atoms with Crippen LogP contribution in [0, 0.1) is 0 Å².